The number of nitrogens with one attached hydrogen (secondary N) is 2. The summed E-state index contributed by atoms with van der Waals surface area (Å²) in [6, 6.07) is 4.42. The SMILES string of the molecule is CN(C)CCC(NC(=O)NCC(c1cccs1)N(C)C)C(C)(C)C. The summed E-state index contributed by atoms with van der Waals surface area (Å²) in [6.07, 6.45) is 0.936. The standard InChI is InChI=1S/C18H34N4OS/c1-18(2,3)16(10-11-21(4)5)20-17(23)19-13-14(22(6)7)15-9-8-12-24-15/h8-9,12,14,16H,10-11,13H2,1-7H3,(H2,19,20,23). The van der Waals surface area contributed by atoms with E-state index in [1.165, 1.54) is 4.88 Å². The Hall–Kier alpha value is -1.11. The molecule has 2 unspecified atom stereocenters. The van der Waals surface area contributed by atoms with Crippen LogP contribution in [0.2, 0.25) is 0 Å². The van der Waals surface area contributed by atoms with E-state index < -0.39 is 0 Å². The van der Waals surface area contributed by atoms with Crippen molar-refractivity contribution in [3.05, 3.63) is 22.4 Å². The lowest BCUT2D eigenvalue weighted by Crippen LogP contribution is -2.50. The normalized spacial score (nSPS) is 14.7. The first-order valence-corrected chi connectivity index (χ1v) is 9.38. The molecule has 0 bridgehead atoms. The number of rotatable bonds is 8. The number of amides is 2. The van der Waals surface area contributed by atoms with E-state index in [1.807, 2.05) is 20.2 Å². The average Bonchev–Trinajstić information content (AvgIpc) is 2.95. The first-order valence-electron chi connectivity index (χ1n) is 8.50. The molecule has 0 aliphatic rings. The molecule has 1 heterocycles. The van der Waals surface area contributed by atoms with Crippen LogP contribution in [-0.4, -0.2) is 63.2 Å². The molecule has 2 atom stereocenters. The first-order chi connectivity index (χ1) is 11.1. The van der Waals surface area contributed by atoms with Crippen molar-refractivity contribution >= 4 is 17.4 Å². The van der Waals surface area contributed by atoms with E-state index in [4.69, 9.17) is 0 Å². The summed E-state index contributed by atoms with van der Waals surface area (Å²) in [5.41, 5.74) is 0.0298. The number of hydrogen-bond donors (Lipinski definition) is 2. The maximum Gasteiger partial charge on any atom is 0.315 e. The molecule has 0 aromatic carbocycles. The van der Waals surface area contributed by atoms with Crippen LogP contribution in [0.15, 0.2) is 17.5 Å². The average molecular weight is 355 g/mol. The van der Waals surface area contributed by atoms with Crippen molar-refractivity contribution in [1.82, 2.24) is 20.4 Å². The summed E-state index contributed by atoms with van der Waals surface area (Å²) >= 11 is 1.72. The van der Waals surface area contributed by atoms with Gasteiger partial charge in [0.15, 0.2) is 0 Å². The number of likely N-dealkylation sites (N-methyl/N-ethyl adjacent to an activating group) is 1. The van der Waals surface area contributed by atoms with Gasteiger partial charge in [-0.05, 0) is 58.0 Å². The number of carbonyl (C=O) groups excluding carboxylic acids is 1. The molecule has 24 heavy (non-hydrogen) atoms. The van der Waals surface area contributed by atoms with Crippen LogP contribution in [0, 0.1) is 5.41 Å². The van der Waals surface area contributed by atoms with Crippen molar-refractivity contribution < 1.29 is 4.79 Å². The maximum absolute atomic E-state index is 12.4. The number of carbonyl (C=O) groups is 1. The fourth-order valence-electron chi connectivity index (χ4n) is 2.53. The van der Waals surface area contributed by atoms with Gasteiger partial charge >= 0.3 is 6.03 Å². The van der Waals surface area contributed by atoms with Crippen molar-refractivity contribution in [1.29, 1.82) is 0 Å². The zero-order chi connectivity index (χ0) is 18.3. The van der Waals surface area contributed by atoms with Gasteiger partial charge in [0.25, 0.3) is 0 Å². The van der Waals surface area contributed by atoms with Crippen LogP contribution in [-0.2, 0) is 0 Å². The van der Waals surface area contributed by atoms with E-state index in [1.54, 1.807) is 11.3 Å². The van der Waals surface area contributed by atoms with Gasteiger partial charge in [-0.2, -0.15) is 0 Å². The Balaban J connectivity index is 2.58. The van der Waals surface area contributed by atoms with Crippen LogP contribution in [0.3, 0.4) is 0 Å². The molecule has 138 valence electrons. The van der Waals surface area contributed by atoms with Gasteiger partial charge in [0.2, 0.25) is 0 Å². The molecular formula is C18H34N4OS. The smallest absolute Gasteiger partial charge is 0.315 e. The summed E-state index contributed by atoms with van der Waals surface area (Å²) in [7, 11) is 8.20. The van der Waals surface area contributed by atoms with Gasteiger partial charge in [0.1, 0.15) is 0 Å². The summed E-state index contributed by atoms with van der Waals surface area (Å²) in [5.74, 6) is 0. The topological polar surface area (TPSA) is 47.6 Å². The fourth-order valence-corrected chi connectivity index (χ4v) is 3.45. The van der Waals surface area contributed by atoms with E-state index in [2.05, 4.69) is 66.7 Å². The van der Waals surface area contributed by atoms with E-state index >= 15 is 0 Å². The molecule has 1 aromatic rings. The molecule has 2 N–H and O–H groups in total. The summed E-state index contributed by atoms with van der Waals surface area (Å²) in [4.78, 5) is 17.9. The molecule has 5 nitrogen and oxygen atoms in total. The highest BCUT2D eigenvalue weighted by atomic mass is 32.1. The van der Waals surface area contributed by atoms with E-state index in [0.717, 1.165) is 13.0 Å². The largest absolute Gasteiger partial charge is 0.336 e. The molecule has 0 saturated heterocycles. The Labute approximate surface area is 151 Å². The highest BCUT2D eigenvalue weighted by Gasteiger charge is 2.26. The second kappa shape index (κ2) is 9.39. The van der Waals surface area contributed by atoms with Crippen LogP contribution < -0.4 is 10.6 Å². The minimum absolute atomic E-state index is 0.0298. The Morgan fingerprint density at radius 2 is 1.92 bits per heavy atom. The van der Waals surface area contributed by atoms with Crippen molar-refractivity contribution in [2.24, 2.45) is 5.41 Å². The quantitative estimate of drug-likeness (QED) is 0.754. The number of thiophene rings is 1. The third-order valence-electron chi connectivity index (χ3n) is 4.17. The number of nitrogens with zero attached hydrogens (tertiary/aromatic N) is 2. The fraction of sp³-hybridized carbons (Fsp3) is 0.722. The highest BCUT2D eigenvalue weighted by molar-refractivity contribution is 7.10. The molecule has 0 aliphatic carbocycles. The van der Waals surface area contributed by atoms with Gasteiger partial charge < -0.3 is 20.4 Å². The lowest BCUT2D eigenvalue weighted by molar-refractivity contribution is 0.203. The second-order valence-corrected chi connectivity index (χ2v) is 8.84. The second-order valence-electron chi connectivity index (χ2n) is 7.86. The number of hydrogen-bond acceptors (Lipinski definition) is 4. The highest BCUT2D eigenvalue weighted by Crippen LogP contribution is 2.23. The van der Waals surface area contributed by atoms with E-state index in [0.29, 0.717) is 6.54 Å². The number of urea groups is 1. The molecule has 0 aliphatic heterocycles. The lowest BCUT2D eigenvalue weighted by atomic mass is 9.84. The molecule has 0 radical (unpaired) electrons. The Morgan fingerprint density at radius 3 is 2.38 bits per heavy atom. The lowest BCUT2D eigenvalue weighted by Gasteiger charge is -2.33. The van der Waals surface area contributed by atoms with Crippen LogP contribution in [0.4, 0.5) is 4.79 Å². The summed E-state index contributed by atoms with van der Waals surface area (Å²) in [6.45, 7) is 8.06. The zero-order valence-corrected chi connectivity index (χ0v) is 17.0. The first kappa shape index (κ1) is 20.9. The Morgan fingerprint density at radius 1 is 1.25 bits per heavy atom. The summed E-state index contributed by atoms with van der Waals surface area (Å²) < 4.78 is 0. The minimum atomic E-state index is -0.0860. The van der Waals surface area contributed by atoms with Gasteiger partial charge in [-0.3, -0.25) is 0 Å². The predicted octanol–water partition coefficient (Wildman–Crippen LogP) is 3.02. The van der Waals surface area contributed by atoms with Gasteiger partial charge in [-0.1, -0.05) is 26.8 Å². The van der Waals surface area contributed by atoms with Gasteiger partial charge in [-0.25, -0.2) is 4.79 Å². The molecule has 2 amide bonds. The van der Waals surface area contributed by atoms with E-state index in [9.17, 15) is 4.79 Å². The van der Waals surface area contributed by atoms with Crippen LogP contribution in [0.25, 0.3) is 0 Å². The summed E-state index contributed by atoms with van der Waals surface area (Å²) in [5, 5.41) is 8.28. The third-order valence-corrected chi connectivity index (χ3v) is 5.14. The van der Waals surface area contributed by atoms with Gasteiger partial charge in [0.05, 0.1) is 6.04 Å². The third kappa shape index (κ3) is 7.20. The molecule has 0 saturated carbocycles. The monoisotopic (exact) mass is 354 g/mol. The Kier molecular flexibility index (Phi) is 8.19. The van der Waals surface area contributed by atoms with Crippen molar-refractivity contribution in [2.45, 2.75) is 39.3 Å². The van der Waals surface area contributed by atoms with Crippen molar-refractivity contribution in [2.75, 3.05) is 41.3 Å². The van der Waals surface area contributed by atoms with Crippen molar-refractivity contribution in [3.8, 4) is 0 Å². The molecule has 0 fully saturated rings. The van der Waals surface area contributed by atoms with Crippen LogP contribution in [0.5, 0.6) is 0 Å². The van der Waals surface area contributed by atoms with Crippen molar-refractivity contribution in [3.63, 3.8) is 0 Å². The predicted molar refractivity (Wildman–Crippen MR) is 104 cm³/mol. The zero-order valence-electron chi connectivity index (χ0n) is 16.2. The molecule has 1 rings (SSSR count). The molecular weight excluding hydrogens is 320 g/mol. The maximum atomic E-state index is 12.4. The molecule has 6 heteroatoms. The van der Waals surface area contributed by atoms with Gasteiger partial charge in [0, 0.05) is 17.5 Å². The molecule has 1 aromatic heterocycles. The Bertz CT molecular complexity index is 480. The van der Waals surface area contributed by atoms with E-state index in [-0.39, 0.29) is 23.5 Å². The molecule has 0 spiro atoms. The van der Waals surface area contributed by atoms with Crippen LogP contribution >= 0.6 is 11.3 Å². The minimum Gasteiger partial charge on any atom is -0.336 e. The van der Waals surface area contributed by atoms with Crippen LogP contribution in [0.1, 0.15) is 38.1 Å². The van der Waals surface area contributed by atoms with Gasteiger partial charge in [-0.15, -0.1) is 11.3 Å².